The van der Waals surface area contributed by atoms with Crippen LogP contribution >= 0.6 is 0 Å². The molecule has 2 aromatic carbocycles. The third-order valence-corrected chi connectivity index (χ3v) is 6.35. The van der Waals surface area contributed by atoms with Crippen LogP contribution in [0.3, 0.4) is 0 Å². The summed E-state index contributed by atoms with van der Waals surface area (Å²) in [5.74, 6) is -1.67. The summed E-state index contributed by atoms with van der Waals surface area (Å²) in [6, 6.07) is 14.7. The average Bonchev–Trinajstić information content (AvgIpc) is 3.32. The predicted octanol–water partition coefficient (Wildman–Crippen LogP) is 3.09. The monoisotopic (exact) mass is 486 g/mol. The summed E-state index contributed by atoms with van der Waals surface area (Å²) in [4.78, 5) is 35.6. The molecule has 3 heterocycles. The Hall–Kier alpha value is -4.24. The first-order chi connectivity index (χ1) is 17.6. The standard InChI is InChI=1S/C27H27FN6O2/c28-23-16-20(34-13-11-30-12-14-34)5-6-22(23)26(35)33-25(27(36)32-19-7-9-29-10-8-19)15-18-17-31-24-4-2-1-3-21(18)24/h1-10,16-17,25,30-31H,11-15H2,(H,33,35)(H,29,32,36)/t25-/m0/s1. The lowest BCUT2D eigenvalue weighted by atomic mass is 10.0. The van der Waals surface area contributed by atoms with E-state index in [1.165, 1.54) is 12.1 Å². The highest BCUT2D eigenvalue weighted by Gasteiger charge is 2.25. The van der Waals surface area contributed by atoms with Gasteiger partial charge in [0.15, 0.2) is 0 Å². The lowest BCUT2D eigenvalue weighted by molar-refractivity contribution is -0.118. The van der Waals surface area contributed by atoms with Crippen LogP contribution in [0.5, 0.6) is 0 Å². The number of aromatic nitrogens is 2. The molecule has 1 atom stereocenters. The number of nitrogens with zero attached hydrogens (tertiary/aromatic N) is 2. The van der Waals surface area contributed by atoms with Crippen LogP contribution in [0.15, 0.2) is 73.2 Å². The number of aromatic amines is 1. The van der Waals surface area contributed by atoms with Crippen LogP contribution in [0, 0.1) is 5.82 Å². The van der Waals surface area contributed by atoms with Crippen molar-refractivity contribution in [1.29, 1.82) is 0 Å². The van der Waals surface area contributed by atoms with Crippen molar-refractivity contribution in [2.45, 2.75) is 12.5 Å². The second kappa shape index (κ2) is 10.6. The largest absolute Gasteiger partial charge is 0.369 e. The van der Waals surface area contributed by atoms with Gasteiger partial charge in [-0.25, -0.2) is 4.39 Å². The molecule has 1 aliphatic heterocycles. The highest BCUT2D eigenvalue weighted by Crippen LogP contribution is 2.22. The topological polar surface area (TPSA) is 102 Å². The molecule has 0 aliphatic carbocycles. The molecule has 1 saturated heterocycles. The normalized spacial score (nSPS) is 14.4. The molecule has 2 amide bonds. The molecule has 36 heavy (non-hydrogen) atoms. The van der Waals surface area contributed by atoms with Crippen molar-refractivity contribution in [2.75, 3.05) is 36.4 Å². The van der Waals surface area contributed by atoms with Crippen LogP contribution in [0.1, 0.15) is 15.9 Å². The highest BCUT2D eigenvalue weighted by molar-refractivity contribution is 6.02. The molecule has 0 bridgehead atoms. The van der Waals surface area contributed by atoms with Gasteiger partial charge in [-0.05, 0) is 42.0 Å². The number of piperazine rings is 1. The summed E-state index contributed by atoms with van der Waals surface area (Å²) >= 11 is 0. The van der Waals surface area contributed by atoms with Gasteiger partial charge in [-0.15, -0.1) is 0 Å². The fraction of sp³-hybridized carbons (Fsp3) is 0.222. The zero-order chi connectivity index (χ0) is 24.9. The number of amides is 2. The van der Waals surface area contributed by atoms with Crippen LogP contribution in [0.2, 0.25) is 0 Å². The summed E-state index contributed by atoms with van der Waals surface area (Å²) in [5.41, 5.74) is 2.99. The number of nitrogens with one attached hydrogen (secondary N) is 4. The molecule has 0 radical (unpaired) electrons. The summed E-state index contributed by atoms with van der Waals surface area (Å²) in [5, 5.41) is 9.79. The van der Waals surface area contributed by atoms with Crippen molar-refractivity contribution in [3.63, 3.8) is 0 Å². The Balaban J connectivity index is 1.37. The minimum atomic E-state index is -0.933. The Morgan fingerprint density at radius 2 is 1.83 bits per heavy atom. The molecule has 2 aromatic heterocycles. The quantitative estimate of drug-likeness (QED) is 0.322. The van der Waals surface area contributed by atoms with Crippen molar-refractivity contribution >= 4 is 34.1 Å². The molecule has 4 N–H and O–H groups in total. The molecular formula is C27H27FN6O2. The minimum absolute atomic E-state index is 0.102. The molecular weight excluding hydrogens is 459 g/mol. The van der Waals surface area contributed by atoms with E-state index in [9.17, 15) is 9.59 Å². The zero-order valence-corrected chi connectivity index (χ0v) is 19.6. The van der Waals surface area contributed by atoms with Gasteiger partial charge in [-0.3, -0.25) is 14.6 Å². The Bertz CT molecular complexity index is 1370. The zero-order valence-electron chi connectivity index (χ0n) is 19.6. The summed E-state index contributed by atoms with van der Waals surface area (Å²) < 4.78 is 15.0. The molecule has 184 valence electrons. The number of hydrogen-bond acceptors (Lipinski definition) is 5. The SMILES string of the molecule is O=C(N[C@@H](Cc1c[nH]c2ccccc12)C(=O)Nc1ccncc1)c1ccc(N2CCNCC2)cc1F. The van der Waals surface area contributed by atoms with Gasteiger partial charge < -0.3 is 25.8 Å². The number of rotatable bonds is 7. The molecule has 8 nitrogen and oxygen atoms in total. The number of pyridine rings is 1. The third kappa shape index (κ3) is 5.21. The van der Waals surface area contributed by atoms with Crippen LogP contribution in [-0.2, 0) is 11.2 Å². The number of carbonyl (C=O) groups is 2. The fourth-order valence-electron chi connectivity index (χ4n) is 4.44. The number of fused-ring (bicyclic) bond motifs is 1. The third-order valence-electron chi connectivity index (χ3n) is 6.35. The van der Waals surface area contributed by atoms with Crippen molar-refractivity contribution in [3.8, 4) is 0 Å². The van der Waals surface area contributed by atoms with Crippen LogP contribution in [-0.4, -0.2) is 54.0 Å². The van der Waals surface area contributed by atoms with E-state index in [-0.39, 0.29) is 12.0 Å². The minimum Gasteiger partial charge on any atom is -0.369 e. The molecule has 1 aliphatic rings. The number of benzene rings is 2. The van der Waals surface area contributed by atoms with Crippen molar-refractivity contribution in [1.82, 2.24) is 20.6 Å². The van der Waals surface area contributed by atoms with Gasteiger partial charge in [-0.2, -0.15) is 0 Å². The summed E-state index contributed by atoms with van der Waals surface area (Å²) in [6.45, 7) is 3.19. The molecule has 9 heteroatoms. The van der Waals surface area contributed by atoms with Gasteiger partial charge in [-0.1, -0.05) is 18.2 Å². The van der Waals surface area contributed by atoms with E-state index in [1.807, 2.05) is 30.5 Å². The van der Waals surface area contributed by atoms with E-state index in [1.54, 1.807) is 30.6 Å². The first kappa shape index (κ1) is 23.5. The van der Waals surface area contributed by atoms with Crippen molar-refractivity contribution in [3.05, 3.63) is 90.1 Å². The number of H-pyrrole nitrogens is 1. The molecule has 0 spiro atoms. The van der Waals surface area contributed by atoms with Crippen molar-refractivity contribution < 1.29 is 14.0 Å². The Labute approximate surface area is 207 Å². The lowest BCUT2D eigenvalue weighted by Gasteiger charge is -2.29. The maximum absolute atomic E-state index is 15.0. The van der Waals surface area contributed by atoms with Crippen LogP contribution in [0.4, 0.5) is 15.8 Å². The highest BCUT2D eigenvalue weighted by atomic mass is 19.1. The first-order valence-corrected chi connectivity index (χ1v) is 11.9. The second-order valence-corrected chi connectivity index (χ2v) is 8.72. The lowest BCUT2D eigenvalue weighted by Crippen LogP contribution is -2.45. The van der Waals surface area contributed by atoms with E-state index in [4.69, 9.17) is 0 Å². The van der Waals surface area contributed by atoms with Gasteiger partial charge in [0.25, 0.3) is 5.91 Å². The Morgan fingerprint density at radius 1 is 1.06 bits per heavy atom. The number of para-hydroxylation sites is 1. The number of anilines is 2. The van der Waals surface area contributed by atoms with Crippen molar-refractivity contribution in [2.24, 2.45) is 0 Å². The predicted molar refractivity (Wildman–Crippen MR) is 138 cm³/mol. The number of halogens is 1. The Morgan fingerprint density at radius 3 is 2.61 bits per heavy atom. The van der Waals surface area contributed by atoms with Crippen LogP contribution < -0.4 is 20.9 Å². The summed E-state index contributed by atoms with van der Waals surface area (Å²) in [7, 11) is 0. The maximum Gasteiger partial charge on any atom is 0.254 e. The second-order valence-electron chi connectivity index (χ2n) is 8.72. The van der Waals surface area contributed by atoms with Gasteiger partial charge in [0.1, 0.15) is 11.9 Å². The van der Waals surface area contributed by atoms with Gasteiger partial charge >= 0.3 is 0 Å². The molecule has 0 saturated carbocycles. The van der Waals surface area contributed by atoms with E-state index >= 15 is 4.39 Å². The molecule has 1 fully saturated rings. The smallest absolute Gasteiger partial charge is 0.254 e. The van der Waals surface area contributed by atoms with E-state index in [0.29, 0.717) is 5.69 Å². The van der Waals surface area contributed by atoms with Gasteiger partial charge in [0, 0.05) is 73.5 Å². The molecule has 4 aromatic rings. The van der Waals surface area contributed by atoms with Gasteiger partial charge in [0.05, 0.1) is 5.56 Å². The number of hydrogen-bond donors (Lipinski definition) is 4. The fourth-order valence-corrected chi connectivity index (χ4v) is 4.44. The molecule has 5 rings (SSSR count). The maximum atomic E-state index is 15.0. The van der Waals surface area contributed by atoms with Gasteiger partial charge in [0.2, 0.25) is 5.91 Å². The first-order valence-electron chi connectivity index (χ1n) is 11.9. The number of carbonyl (C=O) groups excluding carboxylic acids is 2. The molecule has 0 unspecified atom stereocenters. The van der Waals surface area contributed by atoms with E-state index in [2.05, 4.69) is 30.8 Å². The van der Waals surface area contributed by atoms with Crippen LogP contribution in [0.25, 0.3) is 10.9 Å². The summed E-state index contributed by atoms with van der Waals surface area (Å²) in [6.07, 6.45) is 5.19. The Kier molecular flexibility index (Phi) is 6.90. The average molecular weight is 487 g/mol. The van der Waals surface area contributed by atoms with E-state index in [0.717, 1.165) is 48.3 Å². The van der Waals surface area contributed by atoms with E-state index < -0.39 is 23.7 Å².